The summed E-state index contributed by atoms with van der Waals surface area (Å²) in [6.45, 7) is 0. The van der Waals surface area contributed by atoms with Gasteiger partial charge in [-0.25, -0.2) is 0 Å². The molecule has 0 aromatic rings. The number of aliphatic hydroxyl groups excluding tert-OH is 1. The van der Waals surface area contributed by atoms with Crippen LogP contribution in [0.3, 0.4) is 0 Å². The van der Waals surface area contributed by atoms with E-state index in [4.69, 9.17) is 0 Å². The fourth-order valence-electron chi connectivity index (χ4n) is 5.33. The molecule has 1 saturated carbocycles. The number of rotatable bonds is 0. The zero-order valence-electron chi connectivity index (χ0n) is 11.1. The van der Waals surface area contributed by atoms with Crippen molar-refractivity contribution in [2.45, 2.75) is 57.5 Å². The molecule has 1 N–H and O–H groups in total. The molecule has 5 atom stereocenters. The average molecular weight is 244 g/mol. The first-order valence-corrected chi connectivity index (χ1v) is 7.88. The molecule has 0 amide bonds. The van der Waals surface area contributed by atoms with Gasteiger partial charge < -0.3 is 5.11 Å². The summed E-state index contributed by atoms with van der Waals surface area (Å²) in [4.78, 5) is 0. The molecule has 4 rings (SSSR count). The Balaban J connectivity index is 1.62. The van der Waals surface area contributed by atoms with Crippen LogP contribution in [0.15, 0.2) is 23.3 Å². The summed E-state index contributed by atoms with van der Waals surface area (Å²) < 4.78 is 0. The molecule has 0 heterocycles. The Bertz CT molecular complexity index is 406. The summed E-state index contributed by atoms with van der Waals surface area (Å²) in [5, 5.41) is 9.85. The maximum Gasteiger partial charge on any atom is 0.0580 e. The molecule has 1 nitrogen and oxygen atoms in total. The highest BCUT2D eigenvalue weighted by Gasteiger charge is 2.43. The molecule has 98 valence electrons. The van der Waals surface area contributed by atoms with Crippen molar-refractivity contribution in [2.24, 2.45) is 23.7 Å². The average Bonchev–Trinajstić information content (AvgIpc) is 2.86. The molecule has 0 spiro atoms. The SMILES string of the molecule is OC1CCC2=C(CCC3C2CCC2C=CCC23)C1. The van der Waals surface area contributed by atoms with Crippen LogP contribution in [0.5, 0.6) is 0 Å². The topological polar surface area (TPSA) is 20.2 Å². The van der Waals surface area contributed by atoms with E-state index in [2.05, 4.69) is 12.2 Å². The van der Waals surface area contributed by atoms with E-state index in [0.29, 0.717) is 0 Å². The van der Waals surface area contributed by atoms with E-state index in [-0.39, 0.29) is 6.10 Å². The van der Waals surface area contributed by atoms with Gasteiger partial charge >= 0.3 is 0 Å². The number of aliphatic hydroxyl groups is 1. The van der Waals surface area contributed by atoms with Crippen LogP contribution in [0.25, 0.3) is 0 Å². The second-order valence-electron chi connectivity index (χ2n) is 6.90. The van der Waals surface area contributed by atoms with Crippen LogP contribution in [-0.2, 0) is 0 Å². The zero-order valence-corrected chi connectivity index (χ0v) is 11.1. The summed E-state index contributed by atoms with van der Waals surface area (Å²) in [7, 11) is 0. The standard InChI is InChI=1S/C17H24O/c18-13-6-9-15-12(10-13)5-8-16-14-3-1-2-11(14)4-7-17(15)16/h1-2,11,13-14,16-18H,3-10H2. The Labute approximate surface area is 110 Å². The summed E-state index contributed by atoms with van der Waals surface area (Å²) in [5.74, 6) is 3.72. The summed E-state index contributed by atoms with van der Waals surface area (Å²) in [6, 6.07) is 0. The van der Waals surface area contributed by atoms with Gasteiger partial charge in [0.2, 0.25) is 0 Å². The van der Waals surface area contributed by atoms with Crippen LogP contribution in [-0.4, -0.2) is 11.2 Å². The first-order chi connectivity index (χ1) is 8.83. The minimum atomic E-state index is -0.0372. The summed E-state index contributed by atoms with van der Waals surface area (Å²) in [5.41, 5.74) is 3.45. The monoisotopic (exact) mass is 244 g/mol. The molecule has 4 aliphatic rings. The largest absolute Gasteiger partial charge is 0.393 e. The third kappa shape index (κ3) is 1.63. The number of hydrogen-bond acceptors (Lipinski definition) is 1. The third-order valence-electron chi connectivity index (χ3n) is 6.13. The van der Waals surface area contributed by atoms with Crippen LogP contribution in [0.2, 0.25) is 0 Å². The van der Waals surface area contributed by atoms with Gasteiger partial charge in [0.1, 0.15) is 0 Å². The highest BCUT2D eigenvalue weighted by Crippen LogP contribution is 2.54. The molecular formula is C17H24O. The molecule has 0 aliphatic heterocycles. The second kappa shape index (κ2) is 4.23. The Morgan fingerprint density at radius 2 is 1.94 bits per heavy atom. The molecule has 0 bridgehead atoms. The molecule has 1 fully saturated rings. The molecule has 5 unspecified atom stereocenters. The predicted octanol–water partition coefficient (Wildman–Crippen LogP) is 3.84. The molecular weight excluding hydrogens is 220 g/mol. The Morgan fingerprint density at radius 1 is 1.00 bits per heavy atom. The molecule has 18 heavy (non-hydrogen) atoms. The van der Waals surface area contributed by atoms with Crippen molar-refractivity contribution in [3.05, 3.63) is 23.3 Å². The van der Waals surface area contributed by atoms with E-state index in [0.717, 1.165) is 36.5 Å². The van der Waals surface area contributed by atoms with Crippen molar-refractivity contribution in [2.75, 3.05) is 0 Å². The van der Waals surface area contributed by atoms with Crippen molar-refractivity contribution in [3.63, 3.8) is 0 Å². The minimum Gasteiger partial charge on any atom is -0.393 e. The zero-order chi connectivity index (χ0) is 12.1. The number of hydrogen-bond donors (Lipinski definition) is 1. The summed E-state index contributed by atoms with van der Waals surface area (Å²) >= 11 is 0. The molecule has 0 saturated heterocycles. The van der Waals surface area contributed by atoms with E-state index >= 15 is 0 Å². The van der Waals surface area contributed by atoms with E-state index in [1.54, 1.807) is 11.1 Å². The molecule has 0 radical (unpaired) electrons. The first kappa shape index (κ1) is 11.3. The van der Waals surface area contributed by atoms with Gasteiger partial charge in [-0.3, -0.25) is 0 Å². The Morgan fingerprint density at radius 3 is 2.89 bits per heavy atom. The maximum absolute atomic E-state index is 9.85. The maximum atomic E-state index is 9.85. The van der Waals surface area contributed by atoms with Crippen LogP contribution >= 0.6 is 0 Å². The van der Waals surface area contributed by atoms with E-state index < -0.39 is 0 Å². The van der Waals surface area contributed by atoms with E-state index in [9.17, 15) is 5.11 Å². The lowest BCUT2D eigenvalue weighted by molar-refractivity contribution is 0.103. The molecule has 0 aromatic carbocycles. The van der Waals surface area contributed by atoms with Crippen LogP contribution in [0.4, 0.5) is 0 Å². The van der Waals surface area contributed by atoms with Gasteiger partial charge in [0.05, 0.1) is 6.10 Å². The van der Waals surface area contributed by atoms with Crippen molar-refractivity contribution < 1.29 is 5.11 Å². The highest BCUT2D eigenvalue weighted by atomic mass is 16.3. The van der Waals surface area contributed by atoms with Crippen molar-refractivity contribution in [3.8, 4) is 0 Å². The Hall–Kier alpha value is -0.560. The molecule has 4 aliphatic carbocycles. The van der Waals surface area contributed by atoms with Gasteiger partial charge in [0.15, 0.2) is 0 Å². The third-order valence-corrected chi connectivity index (χ3v) is 6.13. The van der Waals surface area contributed by atoms with Crippen molar-refractivity contribution >= 4 is 0 Å². The minimum absolute atomic E-state index is 0.0372. The van der Waals surface area contributed by atoms with Gasteiger partial charge in [-0.05, 0) is 75.0 Å². The van der Waals surface area contributed by atoms with Gasteiger partial charge in [0, 0.05) is 0 Å². The molecule has 0 aromatic heterocycles. The number of allylic oxidation sites excluding steroid dienone is 3. The lowest BCUT2D eigenvalue weighted by Gasteiger charge is -2.46. The predicted molar refractivity (Wildman–Crippen MR) is 73.1 cm³/mol. The second-order valence-corrected chi connectivity index (χ2v) is 6.90. The fourth-order valence-corrected chi connectivity index (χ4v) is 5.33. The van der Waals surface area contributed by atoms with Gasteiger partial charge in [0.25, 0.3) is 0 Å². The fraction of sp³-hybridized carbons (Fsp3) is 0.765. The lowest BCUT2D eigenvalue weighted by atomic mass is 9.59. The lowest BCUT2D eigenvalue weighted by Crippen LogP contribution is -2.37. The van der Waals surface area contributed by atoms with Crippen molar-refractivity contribution in [1.29, 1.82) is 0 Å². The van der Waals surface area contributed by atoms with E-state index in [1.165, 1.54) is 38.5 Å². The van der Waals surface area contributed by atoms with Crippen LogP contribution in [0.1, 0.15) is 51.4 Å². The quantitative estimate of drug-likeness (QED) is 0.642. The van der Waals surface area contributed by atoms with Crippen molar-refractivity contribution in [1.82, 2.24) is 0 Å². The van der Waals surface area contributed by atoms with Crippen LogP contribution in [0, 0.1) is 23.7 Å². The van der Waals surface area contributed by atoms with Gasteiger partial charge in [-0.15, -0.1) is 0 Å². The van der Waals surface area contributed by atoms with Gasteiger partial charge in [-0.2, -0.15) is 0 Å². The summed E-state index contributed by atoms with van der Waals surface area (Å²) in [6.07, 6.45) is 15.0. The van der Waals surface area contributed by atoms with Crippen LogP contribution < -0.4 is 0 Å². The van der Waals surface area contributed by atoms with Gasteiger partial charge in [-0.1, -0.05) is 23.3 Å². The smallest absolute Gasteiger partial charge is 0.0580 e. The number of fused-ring (bicyclic) bond motifs is 4. The first-order valence-electron chi connectivity index (χ1n) is 7.88. The van der Waals surface area contributed by atoms with E-state index in [1.807, 2.05) is 0 Å². The highest BCUT2D eigenvalue weighted by molar-refractivity contribution is 5.27. The normalized spacial score (nSPS) is 46.6. The Kier molecular flexibility index (Phi) is 2.65. The molecule has 1 heteroatoms.